The van der Waals surface area contributed by atoms with Gasteiger partial charge in [-0.1, -0.05) is 24.3 Å². The summed E-state index contributed by atoms with van der Waals surface area (Å²) in [6, 6.07) is -0.546. The predicted octanol–water partition coefficient (Wildman–Crippen LogP) is 1.04. The average Bonchev–Trinajstić information content (AvgIpc) is 2.26. The molecule has 76 valence electrons. The highest BCUT2D eigenvalue weighted by molar-refractivity contribution is 5.73. The first-order valence-corrected chi connectivity index (χ1v) is 4.41. The number of ether oxygens (including phenoxy) is 1. The van der Waals surface area contributed by atoms with Gasteiger partial charge in [-0.15, -0.1) is 0 Å². The van der Waals surface area contributed by atoms with Gasteiger partial charge in [0.15, 0.2) is 0 Å². The van der Waals surface area contributed by atoms with Crippen LogP contribution in [-0.4, -0.2) is 25.5 Å². The van der Waals surface area contributed by atoms with Crippen LogP contribution in [0.5, 0.6) is 0 Å². The smallest absolute Gasteiger partial charge is 0.407 e. The molecule has 0 saturated heterocycles. The molecule has 0 aromatic heterocycles. The molecule has 0 spiro atoms. The molecule has 0 radical (unpaired) electrons. The second kappa shape index (κ2) is 5.21. The van der Waals surface area contributed by atoms with Crippen LogP contribution < -0.4 is 5.32 Å². The monoisotopic (exact) mass is 195 g/mol. The van der Waals surface area contributed by atoms with Crippen molar-refractivity contribution in [1.82, 2.24) is 5.32 Å². The van der Waals surface area contributed by atoms with E-state index in [0.29, 0.717) is 6.29 Å². The molecule has 0 heterocycles. The Bertz CT molecular complexity index is 259. The fourth-order valence-electron chi connectivity index (χ4n) is 1.27. The van der Waals surface area contributed by atoms with E-state index in [1.54, 1.807) is 0 Å². The number of amides is 1. The largest absolute Gasteiger partial charge is 0.453 e. The van der Waals surface area contributed by atoms with E-state index >= 15 is 0 Å². The van der Waals surface area contributed by atoms with Crippen molar-refractivity contribution in [2.45, 2.75) is 12.5 Å². The lowest BCUT2D eigenvalue weighted by Crippen LogP contribution is -2.40. The summed E-state index contributed by atoms with van der Waals surface area (Å²) in [5.74, 6) is -0.0691. The van der Waals surface area contributed by atoms with E-state index in [-0.39, 0.29) is 5.92 Å². The van der Waals surface area contributed by atoms with Gasteiger partial charge in [-0.25, -0.2) is 4.79 Å². The average molecular weight is 195 g/mol. The number of hydrogen-bond donors (Lipinski definition) is 1. The highest BCUT2D eigenvalue weighted by atomic mass is 16.5. The van der Waals surface area contributed by atoms with Crippen molar-refractivity contribution in [2.24, 2.45) is 5.92 Å². The highest BCUT2D eigenvalue weighted by Crippen LogP contribution is 2.12. The van der Waals surface area contributed by atoms with E-state index in [2.05, 4.69) is 10.1 Å². The van der Waals surface area contributed by atoms with Crippen molar-refractivity contribution in [2.75, 3.05) is 7.11 Å². The molecular formula is C10H13NO3. The third kappa shape index (κ3) is 2.73. The lowest BCUT2D eigenvalue weighted by molar-refractivity contribution is -0.109. The number of hydrogen-bond acceptors (Lipinski definition) is 3. The molecule has 0 fully saturated rings. The Morgan fingerprint density at radius 3 is 2.71 bits per heavy atom. The maximum Gasteiger partial charge on any atom is 0.407 e. The molecule has 1 aliphatic carbocycles. The van der Waals surface area contributed by atoms with Crippen molar-refractivity contribution in [3.8, 4) is 0 Å². The Kier molecular flexibility index (Phi) is 3.91. The summed E-state index contributed by atoms with van der Waals surface area (Å²) < 4.78 is 4.42. The van der Waals surface area contributed by atoms with Crippen LogP contribution in [0.15, 0.2) is 24.3 Å². The second-order valence-electron chi connectivity index (χ2n) is 2.97. The zero-order valence-corrected chi connectivity index (χ0v) is 7.97. The number of nitrogens with one attached hydrogen (secondary N) is 1. The van der Waals surface area contributed by atoms with Crippen LogP contribution >= 0.6 is 0 Å². The second-order valence-corrected chi connectivity index (χ2v) is 2.97. The van der Waals surface area contributed by atoms with E-state index in [1.165, 1.54) is 7.11 Å². The van der Waals surface area contributed by atoms with Gasteiger partial charge in [0.2, 0.25) is 0 Å². The van der Waals surface area contributed by atoms with Crippen molar-refractivity contribution in [1.29, 1.82) is 0 Å². The molecule has 1 N–H and O–H groups in total. The normalized spacial score (nSPS) is 17.5. The number of allylic oxidation sites excluding steroid dienone is 2. The van der Waals surface area contributed by atoms with Gasteiger partial charge in [0, 0.05) is 5.92 Å². The third-order valence-electron chi connectivity index (χ3n) is 2.02. The first kappa shape index (κ1) is 10.5. The van der Waals surface area contributed by atoms with Crippen molar-refractivity contribution in [3.63, 3.8) is 0 Å². The standard InChI is InChI=1S/C10H13NO3/c1-14-10(13)11-9(7-12)8-5-3-2-4-6-8/h3-9H,2H2,1H3,(H,11,13). The highest BCUT2D eigenvalue weighted by Gasteiger charge is 2.19. The van der Waals surface area contributed by atoms with Crippen molar-refractivity contribution >= 4 is 12.4 Å². The van der Waals surface area contributed by atoms with Gasteiger partial charge in [-0.2, -0.15) is 0 Å². The maximum absolute atomic E-state index is 10.9. The van der Waals surface area contributed by atoms with Gasteiger partial charge in [0.05, 0.1) is 13.2 Å². The molecule has 0 saturated carbocycles. The molecule has 0 aromatic rings. The molecule has 1 atom stereocenters. The minimum Gasteiger partial charge on any atom is -0.453 e. The molecule has 0 aliphatic heterocycles. The Balaban J connectivity index is 2.56. The lowest BCUT2D eigenvalue weighted by Gasteiger charge is -2.18. The zero-order valence-electron chi connectivity index (χ0n) is 7.97. The lowest BCUT2D eigenvalue weighted by atomic mass is 9.96. The molecular weight excluding hydrogens is 182 g/mol. The van der Waals surface area contributed by atoms with Gasteiger partial charge in [0.25, 0.3) is 0 Å². The summed E-state index contributed by atoms with van der Waals surface area (Å²) in [6.45, 7) is 0. The fraction of sp³-hybridized carbons (Fsp3) is 0.400. The number of methoxy groups -OCH3 is 1. The molecule has 4 heteroatoms. The van der Waals surface area contributed by atoms with E-state index in [1.807, 2.05) is 24.3 Å². The Morgan fingerprint density at radius 1 is 1.57 bits per heavy atom. The van der Waals surface area contributed by atoms with Crippen LogP contribution in [0.3, 0.4) is 0 Å². The summed E-state index contributed by atoms with van der Waals surface area (Å²) in [5, 5.41) is 2.45. The Hall–Kier alpha value is -1.58. The molecule has 1 amide bonds. The molecule has 1 aliphatic rings. The van der Waals surface area contributed by atoms with Crippen LogP contribution in [-0.2, 0) is 9.53 Å². The van der Waals surface area contributed by atoms with E-state index < -0.39 is 12.1 Å². The van der Waals surface area contributed by atoms with Gasteiger partial charge >= 0.3 is 6.09 Å². The van der Waals surface area contributed by atoms with Crippen molar-refractivity contribution < 1.29 is 14.3 Å². The molecule has 14 heavy (non-hydrogen) atoms. The van der Waals surface area contributed by atoms with Crippen LogP contribution in [0.1, 0.15) is 6.42 Å². The summed E-state index contributed by atoms with van der Waals surface area (Å²) in [4.78, 5) is 21.6. The first-order valence-electron chi connectivity index (χ1n) is 4.41. The van der Waals surface area contributed by atoms with Crippen LogP contribution in [0.2, 0.25) is 0 Å². The predicted molar refractivity (Wildman–Crippen MR) is 51.8 cm³/mol. The number of alkyl carbamates (subject to hydrolysis) is 1. The van der Waals surface area contributed by atoms with E-state index in [9.17, 15) is 9.59 Å². The maximum atomic E-state index is 10.9. The Labute approximate surface area is 82.6 Å². The Morgan fingerprint density at radius 2 is 2.21 bits per heavy atom. The van der Waals surface area contributed by atoms with Crippen molar-refractivity contribution in [3.05, 3.63) is 24.3 Å². The molecule has 4 nitrogen and oxygen atoms in total. The topological polar surface area (TPSA) is 55.4 Å². The molecule has 1 rings (SSSR count). The molecule has 1 unspecified atom stereocenters. The zero-order chi connectivity index (χ0) is 10.4. The van der Waals surface area contributed by atoms with Crippen LogP contribution in [0.25, 0.3) is 0 Å². The fourth-order valence-corrected chi connectivity index (χ4v) is 1.27. The minimum absolute atomic E-state index is 0.0691. The quantitative estimate of drug-likeness (QED) is 0.540. The minimum atomic E-state index is -0.588. The summed E-state index contributed by atoms with van der Waals surface area (Å²) >= 11 is 0. The number of carbonyl (C=O) groups excluding carboxylic acids is 2. The van der Waals surface area contributed by atoms with Crippen LogP contribution in [0, 0.1) is 5.92 Å². The van der Waals surface area contributed by atoms with Gasteiger partial charge in [-0.05, 0) is 6.42 Å². The number of aldehydes is 1. The summed E-state index contributed by atoms with van der Waals surface area (Å²) in [5.41, 5.74) is 0. The number of carbonyl (C=O) groups is 2. The SMILES string of the molecule is COC(=O)NC(C=O)C1C=CCC=C1. The first-order chi connectivity index (χ1) is 6.77. The summed E-state index contributed by atoms with van der Waals surface area (Å²) in [7, 11) is 1.27. The van der Waals surface area contributed by atoms with E-state index in [4.69, 9.17) is 0 Å². The molecule has 0 bridgehead atoms. The van der Waals surface area contributed by atoms with Crippen LogP contribution in [0.4, 0.5) is 4.79 Å². The van der Waals surface area contributed by atoms with E-state index in [0.717, 1.165) is 6.42 Å². The number of rotatable bonds is 3. The molecule has 0 aromatic carbocycles. The third-order valence-corrected chi connectivity index (χ3v) is 2.02. The van der Waals surface area contributed by atoms with Gasteiger partial charge in [-0.3, -0.25) is 0 Å². The summed E-state index contributed by atoms with van der Waals surface area (Å²) in [6.07, 6.45) is 8.71. The van der Waals surface area contributed by atoms with Gasteiger partial charge in [0.1, 0.15) is 6.29 Å². The van der Waals surface area contributed by atoms with Gasteiger partial charge < -0.3 is 14.8 Å².